The van der Waals surface area contributed by atoms with Crippen LogP contribution >= 0.6 is 0 Å². The largest absolute Gasteiger partial charge is 0.379 e. The molecule has 0 spiro atoms. The number of rotatable bonds is 16. The lowest BCUT2D eigenvalue weighted by Crippen LogP contribution is -2.59. The maximum atomic E-state index is 5.41. The number of hydrogen-bond acceptors (Lipinski definition) is 18. The van der Waals surface area contributed by atoms with Crippen molar-refractivity contribution in [1.82, 2.24) is 83.7 Å². The highest BCUT2D eigenvalue weighted by atomic mass is 16.5. The van der Waals surface area contributed by atoms with Gasteiger partial charge in [-0.25, -0.2) is 0 Å². The van der Waals surface area contributed by atoms with Gasteiger partial charge in [0.2, 0.25) is 0 Å². The maximum Gasteiger partial charge on any atom is 0.0594 e. The minimum absolute atomic E-state index is 0.655. The second-order valence-corrected chi connectivity index (χ2v) is 49.1. The van der Waals surface area contributed by atoms with E-state index in [1.54, 1.807) is 0 Å². The third-order valence-electron chi connectivity index (χ3n) is 37.4. The highest BCUT2D eigenvalue weighted by Crippen LogP contribution is 2.42. The van der Waals surface area contributed by atoms with Crippen molar-refractivity contribution in [2.45, 2.75) is 403 Å². The van der Waals surface area contributed by atoms with Crippen LogP contribution in [0, 0.1) is 71.0 Å². The Balaban J connectivity index is 0.000000167. The first-order chi connectivity index (χ1) is 62.1. The van der Waals surface area contributed by atoms with Gasteiger partial charge in [0.1, 0.15) is 0 Å². The zero-order valence-electron chi connectivity index (χ0n) is 91.5. The van der Waals surface area contributed by atoms with Crippen molar-refractivity contribution in [2.75, 3.05) is 252 Å². The molecule has 764 valence electrons. The van der Waals surface area contributed by atoms with E-state index in [0.29, 0.717) is 24.2 Å². The van der Waals surface area contributed by atoms with Crippen LogP contribution in [0.5, 0.6) is 0 Å². The quantitative estimate of drug-likeness (QED) is 0.159. The molecular weight excluding hydrogens is 1600 g/mol. The van der Waals surface area contributed by atoms with Crippen LogP contribution in [0.4, 0.5) is 0 Å². The monoisotopic (exact) mass is 1820 g/mol. The average molecular weight is 1830 g/mol. The molecule has 0 aromatic rings. The number of nitrogens with one attached hydrogen (secondary N) is 1. The van der Waals surface area contributed by atoms with Gasteiger partial charge in [-0.15, -0.1) is 0 Å². The van der Waals surface area contributed by atoms with Crippen LogP contribution in [-0.2, 0) is 4.74 Å². The zero-order valence-corrected chi connectivity index (χ0v) is 91.5. The van der Waals surface area contributed by atoms with Crippen LogP contribution in [0.2, 0.25) is 0 Å². The summed E-state index contributed by atoms with van der Waals surface area (Å²) >= 11 is 0. The van der Waals surface area contributed by atoms with E-state index in [2.05, 4.69) is 264 Å². The highest BCUT2D eigenvalue weighted by Gasteiger charge is 2.39. The summed E-state index contributed by atoms with van der Waals surface area (Å²) in [6.07, 6.45) is 40.2. The molecule has 13 heterocycles. The Bertz CT molecular complexity index is 2510. The minimum atomic E-state index is 0.655. The standard InChI is InChI=1S/C15H31N3.C15H29N.C14H29N3.3C14H28N2.C13H27N3.C13H25NO/c1-12(2)17-8-6-15(7-9-17)18-10-13(3)16(5)14(4)11-18;1-12(2)13-4-6-14(7-5-13)15-8-10-16(3)11-9-15;1-11(2)16-7-5-14(6-8-16)17-9-12(3)15-13(4)10-17;1-12(2)13-4-10-16(11-5-13)14-6-8-15(3)9-7-14;1-12(2)16-10-6-14(7-11-16)13-4-8-15(3)9-5-13;1-12(2)13-4-6-14(7-5-13)16-10-8-15(3)9-11-16;1-12(2)15-6-4-13(5-7-15)16-10-8-14(3)9-11-16;1-11(2)12-3-5-13(6-4-12)14-7-9-15-10-8-14/h12-15H,6-11H2,1-5H3;12-15H,4-11H2,1-3H3;11-15H,5-10H2,1-4H3;3*12-14H,4-11H2,1-3H3;12-13H,4-11H2,1-3H3;11-13H,3-10H2,1-2H3/t13-,14+;;;;;;;. The molecule has 2 unspecified atom stereocenters. The van der Waals surface area contributed by atoms with Gasteiger partial charge < -0.3 is 59.1 Å². The molecular formula is C112H225N17O. The number of nitrogens with zero attached hydrogens (tertiary/aromatic N) is 16. The number of morpholine rings is 1. The molecule has 1 N–H and O–H groups in total. The number of likely N-dealkylation sites (N-methyl/N-ethyl adjacent to an activating group) is 3. The molecule has 0 bridgehead atoms. The van der Waals surface area contributed by atoms with Crippen molar-refractivity contribution in [3.05, 3.63) is 0 Å². The second-order valence-electron chi connectivity index (χ2n) is 49.1. The third kappa shape index (κ3) is 38.6. The van der Waals surface area contributed by atoms with Gasteiger partial charge in [-0.3, -0.25) is 29.4 Å². The Labute approximate surface area is 809 Å². The average Bonchev–Trinajstić information content (AvgIpc) is 0.818. The Morgan fingerprint density at radius 1 is 0.208 bits per heavy atom. The van der Waals surface area contributed by atoms with Gasteiger partial charge in [-0.2, -0.15) is 0 Å². The van der Waals surface area contributed by atoms with Gasteiger partial charge in [0.15, 0.2) is 0 Å². The van der Waals surface area contributed by atoms with Crippen LogP contribution in [0.1, 0.15) is 318 Å². The number of likely N-dealkylation sites (tertiary alicyclic amines) is 8. The van der Waals surface area contributed by atoms with E-state index in [1.807, 2.05) is 0 Å². The van der Waals surface area contributed by atoms with E-state index in [9.17, 15) is 0 Å². The number of piperidine rings is 8. The third-order valence-corrected chi connectivity index (χ3v) is 37.4. The topological polar surface area (TPSA) is 73.1 Å². The van der Waals surface area contributed by atoms with E-state index < -0.39 is 0 Å². The molecule has 4 atom stereocenters. The Morgan fingerprint density at radius 3 is 0.738 bits per heavy atom. The molecule has 0 aromatic carbocycles. The predicted molar refractivity (Wildman–Crippen MR) is 563 cm³/mol. The van der Waals surface area contributed by atoms with E-state index in [0.717, 1.165) is 158 Å². The van der Waals surface area contributed by atoms with Crippen molar-refractivity contribution in [3.63, 3.8) is 0 Å². The molecule has 3 saturated carbocycles. The fourth-order valence-corrected chi connectivity index (χ4v) is 26.8. The normalized spacial score (nSPS) is 32.0. The number of ether oxygens (including phenoxy) is 1. The summed E-state index contributed by atoms with van der Waals surface area (Å²) in [5, 5.41) is 3.62. The van der Waals surface area contributed by atoms with Crippen molar-refractivity contribution < 1.29 is 4.74 Å². The summed E-state index contributed by atoms with van der Waals surface area (Å²) in [4.78, 5) is 41.8. The molecule has 13 aliphatic heterocycles. The van der Waals surface area contributed by atoms with Crippen molar-refractivity contribution in [1.29, 1.82) is 0 Å². The van der Waals surface area contributed by atoms with Gasteiger partial charge in [0.05, 0.1) is 13.2 Å². The van der Waals surface area contributed by atoms with E-state index in [4.69, 9.17) is 4.74 Å². The summed E-state index contributed by atoms with van der Waals surface area (Å²) < 4.78 is 5.41. The van der Waals surface area contributed by atoms with Crippen LogP contribution in [0.15, 0.2) is 0 Å². The summed E-state index contributed by atoms with van der Waals surface area (Å²) in [5.74, 6) is 11.8. The molecule has 130 heavy (non-hydrogen) atoms. The first kappa shape index (κ1) is 113. The summed E-state index contributed by atoms with van der Waals surface area (Å²) in [7, 11) is 13.5. The molecule has 18 heteroatoms. The predicted octanol–water partition coefficient (Wildman–Crippen LogP) is 18.2. The molecule has 0 aromatic heterocycles. The maximum absolute atomic E-state index is 5.41. The van der Waals surface area contributed by atoms with Crippen LogP contribution in [-0.4, -0.2) is 415 Å². The Hall–Kier alpha value is -0.720. The van der Waals surface area contributed by atoms with Gasteiger partial charge in [-0.05, 0) is 481 Å². The van der Waals surface area contributed by atoms with Gasteiger partial charge >= 0.3 is 0 Å². The number of hydrogen-bond donors (Lipinski definition) is 1. The lowest BCUT2D eigenvalue weighted by molar-refractivity contribution is 0.00308. The summed E-state index contributed by atoms with van der Waals surface area (Å²) in [6.45, 7) is 87.5. The SMILES string of the molecule is CC(C)C1CCC(C2CCN(C)CC2)CC1.CC(C)C1CCC(N2CCN(C)CC2)CC1.CC(C)C1CCC(N2CCOCC2)CC1.CC(C)C1CCN(C2CCN(C)CC2)CC1.CC(C)N1CCC(C2CCN(C)CC2)CC1.CC(C)N1CCC(N2CCN(C)CC2)CC1.CC(C)N1CCC(N2C[C@@H](C)N(C)[C@@H](C)C2)CC1.CC1CN(C2CCN(C(C)C)CC2)CC(C)N1. The van der Waals surface area contributed by atoms with Crippen LogP contribution in [0.3, 0.4) is 0 Å². The molecule has 0 amide bonds. The first-order valence-corrected chi connectivity index (χ1v) is 57.0. The van der Waals surface area contributed by atoms with Crippen LogP contribution < -0.4 is 5.32 Å². The molecule has 3 aliphatic carbocycles. The summed E-state index contributed by atoms with van der Waals surface area (Å²) in [6, 6.07) is 10.8. The molecule has 13 saturated heterocycles. The van der Waals surface area contributed by atoms with Gasteiger partial charge in [0, 0.05) is 176 Å². The smallest absolute Gasteiger partial charge is 0.0594 e. The van der Waals surface area contributed by atoms with Gasteiger partial charge in [-0.1, -0.05) is 55.4 Å². The Kier molecular flexibility index (Phi) is 51.5. The van der Waals surface area contributed by atoms with Crippen molar-refractivity contribution >= 4 is 0 Å². The number of piperazine rings is 4. The highest BCUT2D eigenvalue weighted by molar-refractivity contribution is 4.95. The molecule has 0 radical (unpaired) electrons. The fraction of sp³-hybridized carbons (Fsp3) is 1.00. The van der Waals surface area contributed by atoms with E-state index in [-0.39, 0.29) is 0 Å². The van der Waals surface area contributed by atoms with E-state index >= 15 is 0 Å². The van der Waals surface area contributed by atoms with Crippen molar-refractivity contribution in [2.24, 2.45) is 71.0 Å². The van der Waals surface area contributed by atoms with Gasteiger partial charge in [0.25, 0.3) is 0 Å². The molecule has 16 rings (SSSR count). The van der Waals surface area contributed by atoms with Crippen LogP contribution in [0.25, 0.3) is 0 Å². The zero-order chi connectivity index (χ0) is 94.1. The molecule has 18 nitrogen and oxygen atoms in total. The second kappa shape index (κ2) is 59.3. The summed E-state index contributed by atoms with van der Waals surface area (Å²) in [5.41, 5.74) is 0. The lowest BCUT2D eigenvalue weighted by atomic mass is 9.70. The van der Waals surface area contributed by atoms with E-state index in [1.165, 1.54) is 363 Å². The first-order valence-electron chi connectivity index (χ1n) is 57.0. The molecule has 16 fully saturated rings. The fourth-order valence-electron chi connectivity index (χ4n) is 26.8. The Morgan fingerprint density at radius 2 is 0.431 bits per heavy atom. The minimum Gasteiger partial charge on any atom is -0.379 e. The lowest BCUT2D eigenvalue weighted by Gasteiger charge is -2.48. The van der Waals surface area contributed by atoms with Crippen molar-refractivity contribution in [3.8, 4) is 0 Å². The molecule has 16 aliphatic rings.